The van der Waals surface area contributed by atoms with E-state index in [1.807, 2.05) is 0 Å². The normalized spacial score (nSPS) is 12.0. The smallest absolute Gasteiger partial charge is 0.0912 e. The molecule has 1 atom stereocenters. The quantitative estimate of drug-likeness (QED) is 0.877. The molecule has 0 radical (unpaired) electrons. The molecule has 1 aromatic rings. The fraction of sp³-hybridized carbons (Fsp3) is 0.333. The van der Waals surface area contributed by atoms with E-state index in [0.717, 1.165) is 0 Å². The number of hydrogen-bond acceptors (Lipinski definition) is 1. The highest BCUT2D eigenvalue weighted by Crippen LogP contribution is 2.30. The first kappa shape index (κ1) is 14.0. The first-order valence-electron chi connectivity index (χ1n) is 3.92. The monoisotopic (exact) mass is 257 g/mol. The summed E-state index contributed by atoms with van der Waals surface area (Å²) >= 11 is 11.7. The Morgan fingerprint density at radius 1 is 1.29 bits per heavy atom. The van der Waals surface area contributed by atoms with Gasteiger partial charge in [-0.05, 0) is 18.6 Å². The summed E-state index contributed by atoms with van der Waals surface area (Å²) in [5.74, 6) is 0. The van der Waals surface area contributed by atoms with Gasteiger partial charge in [0.15, 0.2) is 0 Å². The number of nitrogens with two attached hydrogens (primary N) is 1. The molecule has 0 aliphatic heterocycles. The van der Waals surface area contributed by atoms with Gasteiger partial charge in [-0.2, -0.15) is 0 Å². The molecule has 1 rings (SSSR count). The number of rotatable bonds is 3. The molecule has 0 heterocycles. The second kappa shape index (κ2) is 6.46. The number of benzene rings is 1. The van der Waals surface area contributed by atoms with Crippen LogP contribution in [0.2, 0.25) is 10.0 Å². The minimum atomic E-state index is -0.470. The van der Waals surface area contributed by atoms with Crippen molar-refractivity contribution in [1.29, 1.82) is 0 Å². The molecule has 0 fully saturated rings. The standard InChI is InChI=1S/C9H10Cl2FN.ClH/c10-6-2-1-3-7(11)9(6)8(13)4-5-12;/h1-3,8H,4-5,13H2;1H/t8-;/m1./s1. The fourth-order valence-electron chi connectivity index (χ4n) is 1.13. The first-order chi connectivity index (χ1) is 6.16. The molecule has 80 valence electrons. The van der Waals surface area contributed by atoms with Crippen LogP contribution in [0.5, 0.6) is 0 Å². The van der Waals surface area contributed by atoms with Crippen LogP contribution in [0.1, 0.15) is 18.0 Å². The lowest BCUT2D eigenvalue weighted by Gasteiger charge is -2.13. The Labute approximate surface area is 98.8 Å². The summed E-state index contributed by atoms with van der Waals surface area (Å²) in [4.78, 5) is 0. The molecule has 0 aromatic heterocycles. The van der Waals surface area contributed by atoms with Gasteiger partial charge in [0.05, 0.1) is 6.67 Å². The van der Waals surface area contributed by atoms with Crippen molar-refractivity contribution < 1.29 is 4.39 Å². The van der Waals surface area contributed by atoms with E-state index in [1.54, 1.807) is 18.2 Å². The van der Waals surface area contributed by atoms with Gasteiger partial charge < -0.3 is 5.73 Å². The van der Waals surface area contributed by atoms with Crippen molar-refractivity contribution in [2.75, 3.05) is 6.67 Å². The first-order valence-corrected chi connectivity index (χ1v) is 4.68. The maximum atomic E-state index is 12.0. The van der Waals surface area contributed by atoms with Crippen molar-refractivity contribution in [3.63, 3.8) is 0 Å². The van der Waals surface area contributed by atoms with E-state index >= 15 is 0 Å². The lowest BCUT2D eigenvalue weighted by molar-refractivity contribution is 0.442. The van der Waals surface area contributed by atoms with E-state index in [2.05, 4.69) is 0 Å². The van der Waals surface area contributed by atoms with Crippen molar-refractivity contribution >= 4 is 35.6 Å². The molecule has 0 unspecified atom stereocenters. The number of halogens is 4. The SMILES string of the molecule is Cl.N[C@H](CCF)c1c(Cl)cccc1Cl. The van der Waals surface area contributed by atoms with Gasteiger partial charge in [0.2, 0.25) is 0 Å². The van der Waals surface area contributed by atoms with Crippen LogP contribution < -0.4 is 5.73 Å². The third-order valence-electron chi connectivity index (χ3n) is 1.79. The van der Waals surface area contributed by atoms with E-state index in [0.29, 0.717) is 15.6 Å². The summed E-state index contributed by atoms with van der Waals surface area (Å²) in [6.45, 7) is -0.470. The average Bonchev–Trinajstić information content (AvgIpc) is 2.04. The molecule has 5 heteroatoms. The molecule has 1 aromatic carbocycles. The van der Waals surface area contributed by atoms with E-state index < -0.39 is 12.7 Å². The molecule has 0 aliphatic rings. The third kappa shape index (κ3) is 3.28. The van der Waals surface area contributed by atoms with Crippen LogP contribution in [0, 0.1) is 0 Å². The summed E-state index contributed by atoms with van der Waals surface area (Å²) in [7, 11) is 0. The van der Waals surface area contributed by atoms with Gasteiger partial charge in [0, 0.05) is 21.7 Å². The Hall–Kier alpha value is -0.0200. The van der Waals surface area contributed by atoms with Crippen LogP contribution in [0.15, 0.2) is 18.2 Å². The fourth-order valence-corrected chi connectivity index (χ4v) is 1.80. The lowest BCUT2D eigenvalue weighted by atomic mass is 10.1. The van der Waals surface area contributed by atoms with Gasteiger partial charge in [-0.15, -0.1) is 12.4 Å². The van der Waals surface area contributed by atoms with Crippen LogP contribution in [0.4, 0.5) is 4.39 Å². The van der Waals surface area contributed by atoms with Crippen LogP contribution in [0.25, 0.3) is 0 Å². The molecule has 0 amide bonds. The highest BCUT2D eigenvalue weighted by molar-refractivity contribution is 6.36. The Balaban J connectivity index is 0.00000169. The Bertz CT molecular complexity index is 273. The van der Waals surface area contributed by atoms with Gasteiger partial charge in [-0.1, -0.05) is 29.3 Å². The van der Waals surface area contributed by atoms with Gasteiger partial charge in [-0.25, -0.2) is 0 Å². The van der Waals surface area contributed by atoms with Gasteiger partial charge in [-0.3, -0.25) is 4.39 Å². The molecule has 0 aliphatic carbocycles. The summed E-state index contributed by atoms with van der Waals surface area (Å²) in [6, 6.07) is 4.70. The molecule has 0 spiro atoms. The number of hydrogen-bond donors (Lipinski definition) is 1. The van der Waals surface area contributed by atoms with Crippen LogP contribution >= 0.6 is 35.6 Å². The summed E-state index contributed by atoms with van der Waals surface area (Å²) in [5, 5.41) is 0.988. The topological polar surface area (TPSA) is 26.0 Å². The second-order valence-corrected chi connectivity index (χ2v) is 3.53. The molecule has 0 saturated carbocycles. The highest BCUT2D eigenvalue weighted by Gasteiger charge is 2.13. The van der Waals surface area contributed by atoms with Crippen molar-refractivity contribution in [3.8, 4) is 0 Å². The molecular weight excluding hydrogens is 247 g/mol. The average molecular weight is 259 g/mol. The molecule has 14 heavy (non-hydrogen) atoms. The minimum Gasteiger partial charge on any atom is -0.324 e. The van der Waals surface area contributed by atoms with Crippen molar-refractivity contribution in [2.45, 2.75) is 12.5 Å². The predicted octanol–water partition coefficient (Wildman–Crippen LogP) is 3.77. The molecule has 0 bridgehead atoms. The maximum absolute atomic E-state index is 12.0. The Morgan fingerprint density at radius 2 is 1.79 bits per heavy atom. The van der Waals surface area contributed by atoms with E-state index in [-0.39, 0.29) is 18.8 Å². The van der Waals surface area contributed by atoms with E-state index in [9.17, 15) is 4.39 Å². The zero-order valence-electron chi connectivity index (χ0n) is 7.34. The van der Waals surface area contributed by atoms with E-state index in [1.165, 1.54) is 0 Å². The van der Waals surface area contributed by atoms with Crippen LogP contribution in [-0.2, 0) is 0 Å². The summed E-state index contributed by atoms with van der Waals surface area (Å²) in [5.41, 5.74) is 6.33. The molecule has 0 saturated heterocycles. The van der Waals surface area contributed by atoms with Gasteiger partial charge in [0.1, 0.15) is 0 Å². The van der Waals surface area contributed by atoms with Crippen molar-refractivity contribution in [3.05, 3.63) is 33.8 Å². The van der Waals surface area contributed by atoms with Crippen molar-refractivity contribution in [1.82, 2.24) is 0 Å². The zero-order chi connectivity index (χ0) is 9.84. The number of alkyl halides is 1. The van der Waals surface area contributed by atoms with E-state index in [4.69, 9.17) is 28.9 Å². The lowest BCUT2D eigenvalue weighted by Crippen LogP contribution is -2.12. The molecule has 1 nitrogen and oxygen atoms in total. The van der Waals surface area contributed by atoms with Crippen LogP contribution in [0.3, 0.4) is 0 Å². The predicted molar refractivity (Wildman–Crippen MR) is 61.2 cm³/mol. The Morgan fingerprint density at radius 3 is 2.21 bits per heavy atom. The highest BCUT2D eigenvalue weighted by atomic mass is 35.5. The Kier molecular flexibility index (Phi) is 6.45. The van der Waals surface area contributed by atoms with Gasteiger partial charge in [0.25, 0.3) is 0 Å². The largest absolute Gasteiger partial charge is 0.324 e. The zero-order valence-corrected chi connectivity index (χ0v) is 9.67. The van der Waals surface area contributed by atoms with Crippen molar-refractivity contribution in [2.24, 2.45) is 5.73 Å². The second-order valence-electron chi connectivity index (χ2n) is 2.72. The third-order valence-corrected chi connectivity index (χ3v) is 2.45. The molecule has 2 N–H and O–H groups in total. The summed E-state index contributed by atoms with van der Waals surface area (Å²) in [6.07, 6.45) is 0.240. The minimum absolute atomic E-state index is 0. The van der Waals surface area contributed by atoms with Gasteiger partial charge >= 0.3 is 0 Å². The summed E-state index contributed by atoms with van der Waals surface area (Å²) < 4.78 is 12.0. The molecular formula is C9H11Cl3FN. The van der Waals surface area contributed by atoms with Crippen LogP contribution in [-0.4, -0.2) is 6.67 Å². The maximum Gasteiger partial charge on any atom is 0.0912 e.